The van der Waals surface area contributed by atoms with Crippen molar-refractivity contribution in [1.29, 1.82) is 0 Å². The Morgan fingerprint density at radius 2 is 1.86 bits per heavy atom. The molecule has 7 nitrogen and oxygen atoms in total. The molecule has 0 aromatic rings. The van der Waals surface area contributed by atoms with Gasteiger partial charge in [0.15, 0.2) is 0 Å². The lowest BCUT2D eigenvalue weighted by atomic mass is 10.1. The van der Waals surface area contributed by atoms with E-state index in [0.29, 0.717) is 19.3 Å². The van der Waals surface area contributed by atoms with Crippen molar-refractivity contribution in [3.63, 3.8) is 0 Å². The molecule has 1 heterocycles. The Bertz CT molecular complexity index is 420. The Balaban J connectivity index is 1.74. The van der Waals surface area contributed by atoms with Crippen molar-refractivity contribution in [3.8, 4) is 0 Å². The van der Waals surface area contributed by atoms with Gasteiger partial charge in [-0.05, 0) is 39.0 Å². The topological polar surface area (TPSA) is 98.7 Å². The van der Waals surface area contributed by atoms with Crippen LogP contribution >= 0.6 is 0 Å². The fraction of sp³-hybridized carbons (Fsp3) is 0.786. The largest absolute Gasteiger partial charge is 0.481 e. The summed E-state index contributed by atoms with van der Waals surface area (Å²) in [6, 6.07) is -1.08. The Morgan fingerprint density at radius 1 is 1.19 bits per heavy atom. The minimum atomic E-state index is -0.808. The zero-order valence-corrected chi connectivity index (χ0v) is 12.3. The Morgan fingerprint density at radius 3 is 2.43 bits per heavy atom. The number of carboxylic acids is 1. The van der Waals surface area contributed by atoms with Crippen molar-refractivity contribution in [1.82, 2.24) is 15.5 Å². The first-order valence-electron chi connectivity index (χ1n) is 7.56. The van der Waals surface area contributed by atoms with Crippen LogP contribution in [0.3, 0.4) is 0 Å². The molecule has 1 aliphatic heterocycles. The molecule has 0 bridgehead atoms. The lowest BCUT2D eigenvalue weighted by Gasteiger charge is -2.22. The molecule has 2 rings (SSSR count). The van der Waals surface area contributed by atoms with Gasteiger partial charge in [0, 0.05) is 19.1 Å². The van der Waals surface area contributed by atoms with Gasteiger partial charge < -0.3 is 20.6 Å². The molecule has 21 heavy (non-hydrogen) atoms. The van der Waals surface area contributed by atoms with Crippen LogP contribution in [0.1, 0.15) is 39.0 Å². The van der Waals surface area contributed by atoms with E-state index in [1.165, 1.54) is 0 Å². The summed E-state index contributed by atoms with van der Waals surface area (Å²) in [4.78, 5) is 36.6. The van der Waals surface area contributed by atoms with Crippen LogP contribution in [0, 0.1) is 5.92 Å². The van der Waals surface area contributed by atoms with Gasteiger partial charge in [0.2, 0.25) is 5.91 Å². The third-order valence-electron chi connectivity index (χ3n) is 4.25. The molecule has 118 valence electrons. The lowest BCUT2D eigenvalue weighted by molar-refractivity contribution is -0.141. The molecule has 1 aliphatic carbocycles. The Labute approximate surface area is 124 Å². The van der Waals surface area contributed by atoms with Gasteiger partial charge in [-0.25, -0.2) is 4.79 Å². The first-order valence-corrected chi connectivity index (χ1v) is 7.56. The number of aliphatic carboxylic acids is 1. The quantitative estimate of drug-likeness (QED) is 0.705. The highest BCUT2D eigenvalue weighted by Gasteiger charge is 2.31. The van der Waals surface area contributed by atoms with E-state index in [-0.39, 0.29) is 17.9 Å². The molecule has 0 aromatic heterocycles. The van der Waals surface area contributed by atoms with E-state index in [1.54, 1.807) is 11.8 Å². The standard InChI is InChI=1S/C14H23N3O4/c1-9(12(18)17-6-2-3-7-17)15-14(21)16-11-5-4-10(8-11)13(19)20/h9-11H,2-8H2,1H3,(H,19,20)(H2,15,16,21). The van der Waals surface area contributed by atoms with Gasteiger partial charge in [-0.3, -0.25) is 9.59 Å². The first kappa shape index (κ1) is 15.6. The predicted molar refractivity (Wildman–Crippen MR) is 75.7 cm³/mol. The summed E-state index contributed by atoms with van der Waals surface area (Å²) in [5.41, 5.74) is 0. The molecule has 1 saturated carbocycles. The van der Waals surface area contributed by atoms with Crippen molar-refractivity contribution in [3.05, 3.63) is 0 Å². The highest BCUT2D eigenvalue weighted by atomic mass is 16.4. The minimum absolute atomic E-state index is 0.0579. The maximum absolute atomic E-state index is 12.1. The zero-order valence-electron chi connectivity index (χ0n) is 12.3. The molecule has 2 aliphatic rings. The third-order valence-corrected chi connectivity index (χ3v) is 4.25. The summed E-state index contributed by atoms with van der Waals surface area (Å²) >= 11 is 0. The molecular formula is C14H23N3O4. The third kappa shape index (κ3) is 4.09. The van der Waals surface area contributed by atoms with Gasteiger partial charge in [0.05, 0.1) is 5.92 Å². The number of likely N-dealkylation sites (tertiary alicyclic amines) is 1. The number of nitrogens with zero attached hydrogens (tertiary/aromatic N) is 1. The average Bonchev–Trinajstić information content (AvgIpc) is 3.08. The summed E-state index contributed by atoms with van der Waals surface area (Å²) < 4.78 is 0. The Hall–Kier alpha value is -1.79. The van der Waals surface area contributed by atoms with E-state index >= 15 is 0 Å². The van der Waals surface area contributed by atoms with Crippen LogP contribution in [0.2, 0.25) is 0 Å². The number of urea groups is 1. The first-order chi connectivity index (χ1) is 9.97. The fourth-order valence-corrected chi connectivity index (χ4v) is 3.03. The van der Waals surface area contributed by atoms with E-state index < -0.39 is 18.0 Å². The van der Waals surface area contributed by atoms with Crippen LogP contribution < -0.4 is 10.6 Å². The van der Waals surface area contributed by atoms with Crippen molar-refractivity contribution in [2.45, 2.75) is 51.1 Å². The number of rotatable bonds is 4. The zero-order chi connectivity index (χ0) is 15.4. The van der Waals surface area contributed by atoms with Crippen molar-refractivity contribution in [2.75, 3.05) is 13.1 Å². The summed E-state index contributed by atoms with van der Waals surface area (Å²) in [6.07, 6.45) is 3.74. The van der Waals surface area contributed by atoms with Crippen molar-refractivity contribution in [2.24, 2.45) is 5.92 Å². The molecule has 2 fully saturated rings. The molecule has 0 aromatic carbocycles. The second kappa shape index (κ2) is 6.78. The van der Waals surface area contributed by atoms with E-state index in [4.69, 9.17) is 5.11 Å². The predicted octanol–water partition coefficient (Wildman–Crippen LogP) is 0.550. The molecule has 3 unspecified atom stereocenters. The highest BCUT2D eigenvalue weighted by Crippen LogP contribution is 2.25. The minimum Gasteiger partial charge on any atom is -0.481 e. The van der Waals surface area contributed by atoms with Gasteiger partial charge in [-0.1, -0.05) is 0 Å². The number of amides is 3. The van der Waals surface area contributed by atoms with Gasteiger partial charge in [-0.15, -0.1) is 0 Å². The van der Waals surface area contributed by atoms with Gasteiger partial charge >= 0.3 is 12.0 Å². The second-order valence-corrected chi connectivity index (χ2v) is 5.92. The molecule has 0 spiro atoms. The number of carbonyl (C=O) groups excluding carboxylic acids is 2. The highest BCUT2D eigenvalue weighted by molar-refractivity contribution is 5.87. The van der Waals surface area contributed by atoms with E-state index in [9.17, 15) is 14.4 Å². The van der Waals surface area contributed by atoms with E-state index in [1.807, 2.05) is 0 Å². The average molecular weight is 297 g/mol. The molecular weight excluding hydrogens is 274 g/mol. The lowest BCUT2D eigenvalue weighted by Crippen LogP contribution is -2.50. The molecule has 7 heteroatoms. The maximum Gasteiger partial charge on any atom is 0.315 e. The van der Waals surface area contributed by atoms with Crippen molar-refractivity contribution < 1.29 is 19.5 Å². The molecule has 3 atom stereocenters. The fourth-order valence-electron chi connectivity index (χ4n) is 3.03. The summed E-state index contributed by atoms with van der Waals surface area (Å²) in [7, 11) is 0. The Kier molecular flexibility index (Phi) is 5.03. The van der Waals surface area contributed by atoms with Gasteiger partial charge in [-0.2, -0.15) is 0 Å². The van der Waals surface area contributed by atoms with Crippen LogP contribution in [0.5, 0.6) is 0 Å². The summed E-state index contributed by atoms with van der Waals surface area (Å²) in [6.45, 7) is 3.19. The summed E-state index contributed by atoms with van der Waals surface area (Å²) in [5.74, 6) is -1.24. The number of carboxylic acid groups (broad SMARTS) is 1. The van der Waals surface area contributed by atoms with Gasteiger partial charge in [0.1, 0.15) is 6.04 Å². The maximum atomic E-state index is 12.1. The molecule has 1 saturated heterocycles. The smallest absolute Gasteiger partial charge is 0.315 e. The molecule has 3 N–H and O–H groups in total. The number of carbonyl (C=O) groups is 3. The monoisotopic (exact) mass is 297 g/mol. The molecule has 3 amide bonds. The second-order valence-electron chi connectivity index (χ2n) is 5.92. The van der Waals surface area contributed by atoms with E-state index in [2.05, 4.69) is 10.6 Å². The number of nitrogens with one attached hydrogen (secondary N) is 2. The number of hydrogen-bond acceptors (Lipinski definition) is 3. The number of hydrogen-bond donors (Lipinski definition) is 3. The summed E-state index contributed by atoms with van der Waals surface area (Å²) in [5, 5.41) is 14.3. The van der Waals surface area contributed by atoms with Crippen molar-refractivity contribution >= 4 is 17.9 Å². The normalized spacial score (nSPS) is 26.4. The van der Waals surface area contributed by atoms with Crippen LogP contribution in [0.4, 0.5) is 4.79 Å². The van der Waals surface area contributed by atoms with Crippen LogP contribution in [-0.4, -0.2) is 53.1 Å². The van der Waals surface area contributed by atoms with E-state index in [0.717, 1.165) is 25.9 Å². The van der Waals surface area contributed by atoms with Gasteiger partial charge in [0.25, 0.3) is 0 Å². The van der Waals surface area contributed by atoms with Crippen LogP contribution in [0.15, 0.2) is 0 Å². The molecule has 0 radical (unpaired) electrons. The van der Waals surface area contributed by atoms with Crippen LogP contribution in [-0.2, 0) is 9.59 Å². The van der Waals surface area contributed by atoms with Crippen LogP contribution in [0.25, 0.3) is 0 Å². The SMILES string of the molecule is CC(NC(=O)NC1CCC(C(=O)O)C1)C(=O)N1CCCC1.